The normalized spacial score (nSPS) is 20.6. The first-order chi connectivity index (χ1) is 11.5. The topological polar surface area (TPSA) is 36.4 Å². The van der Waals surface area contributed by atoms with Crippen molar-refractivity contribution in [2.75, 3.05) is 27.2 Å². The molecule has 0 spiro atoms. The molecule has 24 heavy (non-hydrogen) atoms. The Morgan fingerprint density at radius 1 is 1.21 bits per heavy atom. The van der Waals surface area contributed by atoms with Gasteiger partial charge in [0.05, 0.1) is 11.8 Å². The number of hydrogen-bond donors (Lipinski definition) is 0. The molecule has 2 aromatic rings. The molecule has 1 amide bonds. The largest absolute Gasteiger partial charge is 0.336 e. The number of nitrogens with zero attached hydrogens (tertiary/aromatic N) is 3. The molecule has 1 aromatic heterocycles. The van der Waals surface area contributed by atoms with E-state index in [1.807, 2.05) is 14.1 Å². The molecule has 2 atom stereocenters. The van der Waals surface area contributed by atoms with Gasteiger partial charge < -0.3 is 9.80 Å². The molecule has 1 saturated heterocycles. The van der Waals surface area contributed by atoms with Crippen molar-refractivity contribution in [2.24, 2.45) is 0 Å². The predicted octanol–water partition coefficient (Wildman–Crippen LogP) is 2.70. The van der Waals surface area contributed by atoms with Crippen LogP contribution in [0.5, 0.6) is 0 Å². The second-order valence-electron chi connectivity index (χ2n) is 6.61. The Bertz CT molecular complexity index is 730. The van der Waals surface area contributed by atoms with Crippen LogP contribution < -0.4 is 0 Å². The Kier molecular flexibility index (Phi) is 4.62. The maximum Gasteiger partial charge on any atom is 0.257 e. The van der Waals surface area contributed by atoms with Crippen molar-refractivity contribution in [3.05, 3.63) is 65.2 Å². The van der Waals surface area contributed by atoms with E-state index in [2.05, 4.69) is 41.1 Å². The van der Waals surface area contributed by atoms with Crippen molar-refractivity contribution in [2.45, 2.75) is 18.9 Å². The molecule has 0 radical (unpaired) electrons. The van der Waals surface area contributed by atoms with Crippen LogP contribution in [0.25, 0.3) is 0 Å². The number of hydrogen-bond acceptors (Lipinski definition) is 3. The van der Waals surface area contributed by atoms with Gasteiger partial charge in [-0.2, -0.15) is 0 Å². The number of likely N-dealkylation sites (N-methyl/N-ethyl adjacent to an activating group) is 1. The second kappa shape index (κ2) is 6.69. The Labute approximate surface area is 141 Å². The fourth-order valence-corrected chi connectivity index (χ4v) is 3.34. The lowest BCUT2D eigenvalue weighted by Gasteiger charge is -2.25. The van der Waals surface area contributed by atoms with Gasteiger partial charge in [-0.05, 0) is 32.6 Å². The number of benzene rings is 1. The molecule has 0 unspecified atom stereocenters. The minimum atomic E-state index is -0.567. The van der Waals surface area contributed by atoms with Gasteiger partial charge in [0.15, 0.2) is 5.82 Å². The van der Waals surface area contributed by atoms with Gasteiger partial charge in [0.25, 0.3) is 5.91 Å². The zero-order valence-electron chi connectivity index (χ0n) is 14.2. The molecule has 1 aliphatic rings. The summed E-state index contributed by atoms with van der Waals surface area (Å²) in [6.07, 6.45) is 2.54. The molecule has 2 heterocycles. The SMILES string of the molecule is Cc1ccc([C@H]2CN(C(=O)c3ccncc3F)C[C@@H]2N(C)C)cc1. The van der Waals surface area contributed by atoms with E-state index in [1.165, 1.54) is 23.4 Å². The molecular weight excluding hydrogens is 305 g/mol. The molecule has 0 saturated carbocycles. The van der Waals surface area contributed by atoms with Gasteiger partial charge in [-0.25, -0.2) is 4.39 Å². The van der Waals surface area contributed by atoms with Crippen LogP contribution >= 0.6 is 0 Å². The maximum atomic E-state index is 13.9. The summed E-state index contributed by atoms with van der Waals surface area (Å²) in [6, 6.07) is 10.1. The number of rotatable bonds is 3. The van der Waals surface area contributed by atoms with Crippen LogP contribution in [0.15, 0.2) is 42.7 Å². The van der Waals surface area contributed by atoms with E-state index in [1.54, 1.807) is 4.90 Å². The van der Waals surface area contributed by atoms with Crippen molar-refractivity contribution in [3.63, 3.8) is 0 Å². The summed E-state index contributed by atoms with van der Waals surface area (Å²) in [5.74, 6) is -0.617. The predicted molar refractivity (Wildman–Crippen MR) is 91.5 cm³/mol. The monoisotopic (exact) mass is 327 g/mol. The molecule has 5 heteroatoms. The molecule has 126 valence electrons. The van der Waals surface area contributed by atoms with Crippen molar-refractivity contribution >= 4 is 5.91 Å². The molecule has 4 nitrogen and oxygen atoms in total. The third-order valence-corrected chi connectivity index (χ3v) is 4.75. The highest BCUT2D eigenvalue weighted by atomic mass is 19.1. The quantitative estimate of drug-likeness (QED) is 0.870. The summed E-state index contributed by atoms with van der Waals surface area (Å²) in [7, 11) is 4.04. The summed E-state index contributed by atoms with van der Waals surface area (Å²) in [4.78, 5) is 20.3. The van der Waals surface area contributed by atoms with Gasteiger partial charge in [0, 0.05) is 31.2 Å². The minimum Gasteiger partial charge on any atom is -0.336 e. The molecule has 0 bridgehead atoms. The van der Waals surface area contributed by atoms with Crippen molar-refractivity contribution in [1.82, 2.24) is 14.8 Å². The molecule has 0 aliphatic carbocycles. The Morgan fingerprint density at radius 2 is 1.92 bits per heavy atom. The number of halogens is 1. The fraction of sp³-hybridized carbons (Fsp3) is 0.368. The van der Waals surface area contributed by atoms with Crippen LogP contribution in [0.3, 0.4) is 0 Å². The van der Waals surface area contributed by atoms with E-state index >= 15 is 0 Å². The van der Waals surface area contributed by atoms with Crippen LogP contribution in [0, 0.1) is 12.7 Å². The van der Waals surface area contributed by atoms with Crippen molar-refractivity contribution < 1.29 is 9.18 Å². The van der Waals surface area contributed by atoms with E-state index in [-0.39, 0.29) is 23.4 Å². The molecule has 3 rings (SSSR count). The Hall–Kier alpha value is -2.27. The van der Waals surface area contributed by atoms with Gasteiger partial charge in [-0.15, -0.1) is 0 Å². The highest BCUT2D eigenvalue weighted by Crippen LogP contribution is 2.31. The smallest absolute Gasteiger partial charge is 0.257 e. The number of amides is 1. The zero-order valence-corrected chi connectivity index (χ0v) is 14.2. The standard InChI is InChI=1S/C19H22FN3O/c1-13-4-6-14(7-5-13)16-11-23(12-18(16)22(2)3)19(24)15-8-9-21-10-17(15)20/h4-10,16,18H,11-12H2,1-3H3/t16-,18+/m1/s1. The molecule has 1 aliphatic heterocycles. The highest BCUT2D eigenvalue weighted by Gasteiger charge is 2.38. The van der Waals surface area contributed by atoms with E-state index in [4.69, 9.17) is 0 Å². The van der Waals surface area contributed by atoms with Gasteiger partial charge in [0.1, 0.15) is 0 Å². The van der Waals surface area contributed by atoms with Gasteiger partial charge >= 0.3 is 0 Å². The minimum absolute atomic E-state index is 0.0899. The Morgan fingerprint density at radius 3 is 2.54 bits per heavy atom. The molecule has 1 fully saturated rings. The fourth-order valence-electron chi connectivity index (χ4n) is 3.34. The van der Waals surface area contributed by atoms with Crippen molar-refractivity contribution in [3.8, 4) is 0 Å². The van der Waals surface area contributed by atoms with E-state index in [9.17, 15) is 9.18 Å². The summed E-state index contributed by atoms with van der Waals surface area (Å²) in [5.41, 5.74) is 2.52. The average molecular weight is 327 g/mol. The molecule has 1 aromatic carbocycles. The summed E-state index contributed by atoms with van der Waals surface area (Å²) in [6.45, 7) is 3.24. The highest BCUT2D eigenvalue weighted by molar-refractivity contribution is 5.94. The number of aromatic nitrogens is 1. The third kappa shape index (κ3) is 3.17. The first-order valence-corrected chi connectivity index (χ1v) is 8.09. The number of likely N-dealkylation sites (tertiary alicyclic amines) is 1. The number of carbonyl (C=O) groups is 1. The lowest BCUT2D eigenvalue weighted by molar-refractivity contribution is 0.0777. The maximum absolute atomic E-state index is 13.9. The lowest BCUT2D eigenvalue weighted by atomic mass is 9.93. The lowest BCUT2D eigenvalue weighted by Crippen LogP contribution is -2.36. The van der Waals surface area contributed by atoms with Gasteiger partial charge in [0.2, 0.25) is 0 Å². The van der Waals surface area contributed by atoms with Crippen LogP contribution in [0.4, 0.5) is 4.39 Å². The van der Waals surface area contributed by atoms with E-state index in [0.717, 1.165) is 6.20 Å². The summed E-state index contributed by atoms with van der Waals surface area (Å²) in [5, 5.41) is 0. The van der Waals surface area contributed by atoms with E-state index in [0.29, 0.717) is 13.1 Å². The van der Waals surface area contributed by atoms with Crippen LogP contribution in [-0.4, -0.2) is 53.9 Å². The van der Waals surface area contributed by atoms with Crippen LogP contribution in [0.2, 0.25) is 0 Å². The van der Waals surface area contributed by atoms with Crippen LogP contribution in [0.1, 0.15) is 27.4 Å². The molecule has 0 N–H and O–H groups in total. The second-order valence-corrected chi connectivity index (χ2v) is 6.61. The third-order valence-electron chi connectivity index (χ3n) is 4.75. The van der Waals surface area contributed by atoms with Gasteiger partial charge in [-0.1, -0.05) is 29.8 Å². The van der Waals surface area contributed by atoms with Crippen molar-refractivity contribution in [1.29, 1.82) is 0 Å². The summed E-state index contributed by atoms with van der Waals surface area (Å²) < 4.78 is 13.9. The van der Waals surface area contributed by atoms with Gasteiger partial charge in [-0.3, -0.25) is 9.78 Å². The number of carbonyl (C=O) groups excluding carboxylic acids is 1. The zero-order chi connectivity index (χ0) is 17.3. The molecular formula is C19H22FN3O. The first-order valence-electron chi connectivity index (χ1n) is 8.09. The summed E-state index contributed by atoms with van der Waals surface area (Å²) >= 11 is 0. The Balaban J connectivity index is 1.86. The number of pyridine rings is 1. The van der Waals surface area contributed by atoms with Crippen LogP contribution in [-0.2, 0) is 0 Å². The van der Waals surface area contributed by atoms with E-state index < -0.39 is 5.82 Å². The number of aryl methyl sites for hydroxylation is 1. The average Bonchev–Trinajstić information content (AvgIpc) is 3.01. The first kappa shape index (κ1) is 16.6.